The van der Waals surface area contributed by atoms with Gasteiger partial charge in [-0.3, -0.25) is 4.79 Å². The number of nitrogens with zero attached hydrogens (tertiary/aromatic N) is 2. The van der Waals surface area contributed by atoms with E-state index < -0.39 is 29.5 Å². The SMILES string of the molecule is N#CC1COCCN1C(=O)C(F)=Cc1ccc(C(F)(F)F)cc1. The van der Waals surface area contributed by atoms with Crippen molar-refractivity contribution in [3.63, 3.8) is 0 Å². The molecule has 8 heteroatoms. The average Bonchev–Trinajstić information content (AvgIpc) is 2.53. The largest absolute Gasteiger partial charge is 0.416 e. The molecule has 0 bridgehead atoms. The first-order chi connectivity index (χ1) is 10.8. The van der Waals surface area contributed by atoms with Crippen LogP contribution in [0.25, 0.3) is 6.08 Å². The number of carbonyl (C=O) groups excluding carboxylic acids is 1. The van der Waals surface area contributed by atoms with Gasteiger partial charge in [-0.1, -0.05) is 12.1 Å². The summed E-state index contributed by atoms with van der Waals surface area (Å²) >= 11 is 0. The van der Waals surface area contributed by atoms with Crippen LogP contribution in [0.2, 0.25) is 0 Å². The number of halogens is 4. The topological polar surface area (TPSA) is 53.3 Å². The number of benzene rings is 1. The Morgan fingerprint density at radius 1 is 1.35 bits per heavy atom. The molecule has 0 aliphatic carbocycles. The third-order valence-electron chi connectivity index (χ3n) is 3.27. The van der Waals surface area contributed by atoms with Crippen LogP contribution in [0.1, 0.15) is 11.1 Å². The smallest absolute Gasteiger partial charge is 0.376 e. The van der Waals surface area contributed by atoms with E-state index in [4.69, 9.17) is 10.00 Å². The number of hydrogen-bond acceptors (Lipinski definition) is 3. The molecular formula is C15H12F4N2O2. The van der Waals surface area contributed by atoms with Crippen LogP contribution in [0.15, 0.2) is 30.1 Å². The van der Waals surface area contributed by atoms with Gasteiger partial charge in [-0.2, -0.15) is 18.4 Å². The van der Waals surface area contributed by atoms with Gasteiger partial charge in [-0.15, -0.1) is 0 Å². The second kappa shape index (κ2) is 6.79. The molecule has 0 aromatic heterocycles. The number of morpholine rings is 1. The first-order valence-corrected chi connectivity index (χ1v) is 6.65. The van der Waals surface area contributed by atoms with Gasteiger partial charge in [0, 0.05) is 6.54 Å². The van der Waals surface area contributed by atoms with E-state index in [9.17, 15) is 22.4 Å². The highest BCUT2D eigenvalue weighted by atomic mass is 19.4. The zero-order valence-corrected chi connectivity index (χ0v) is 11.8. The predicted octanol–water partition coefficient (Wildman–Crippen LogP) is 2.77. The second-order valence-electron chi connectivity index (χ2n) is 4.83. The van der Waals surface area contributed by atoms with E-state index in [1.165, 1.54) is 0 Å². The first-order valence-electron chi connectivity index (χ1n) is 6.65. The minimum absolute atomic E-state index is 0.00417. The van der Waals surface area contributed by atoms with Crippen molar-refractivity contribution in [2.75, 3.05) is 19.8 Å². The number of amides is 1. The van der Waals surface area contributed by atoms with Gasteiger partial charge < -0.3 is 9.64 Å². The fourth-order valence-corrected chi connectivity index (χ4v) is 2.07. The number of ether oxygens (including phenoxy) is 1. The molecule has 1 aliphatic rings. The molecule has 0 radical (unpaired) electrons. The summed E-state index contributed by atoms with van der Waals surface area (Å²) in [6, 6.07) is 4.69. The Bertz CT molecular complexity index is 647. The lowest BCUT2D eigenvalue weighted by molar-refractivity contribution is -0.137. The van der Waals surface area contributed by atoms with Crippen molar-refractivity contribution in [2.24, 2.45) is 0 Å². The minimum Gasteiger partial charge on any atom is -0.376 e. The number of hydrogen-bond donors (Lipinski definition) is 0. The van der Waals surface area contributed by atoms with Gasteiger partial charge in [0.2, 0.25) is 0 Å². The molecule has 2 rings (SSSR count). The monoisotopic (exact) mass is 328 g/mol. The lowest BCUT2D eigenvalue weighted by Crippen LogP contribution is -2.48. The molecule has 1 unspecified atom stereocenters. The molecule has 1 aromatic rings. The molecule has 1 heterocycles. The maximum atomic E-state index is 14.0. The number of rotatable bonds is 2. The van der Waals surface area contributed by atoms with Crippen molar-refractivity contribution in [3.05, 3.63) is 41.2 Å². The van der Waals surface area contributed by atoms with E-state index in [0.717, 1.165) is 35.2 Å². The Morgan fingerprint density at radius 2 is 2.00 bits per heavy atom. The summed E-state index contributed by atoms with van der Waals surface area (Å²) < 4.78 is 56.4. The van der Waals surface area contributed by atoms with Gasteiger partial charge >= 0.3 is 6.18 Å². The average molecular weight is 328 g/mol. The van der Waals surface area contributed by atoms with Crippen LogP contribution in [0.4, 0.5) is 17.6 Å². The van der Waals surface area contributed by atoms with Crippen LogP contribution in [0, 0.1) is 11.3 Å². The van der Waals surface area contributed by atoms with E-state index in [1.807, 2.05) is 6.07 Å². The van der Waals surface area contributed by atoms with Crippen LogP contribution >= 0.6 is 0 Å². The Morgan fingerprint density at radius 3 is 2.57 bits per heavy atom. The molecule has 1 saturated heterocycles. The third-order valence-corrected chi connectivity index (χ3v) is 3.27. The molecule has 0 N–H and O–H groups in total. The highest BCUT2D eigenvalue weighted by Gasteiger charge is 2.31. The van der Waals surface area contributed by atoms with Crippen molar-refractivity contribution in [1.82, 2.24) is 4.90 Å². The molecule has 0 spiro atoms. The molecule has 122 valence electrons. The predicted molar refractivity (Wildman–Crippen MR) is 72.5 cm³/mol. The highest BCUT2D eigenvalue weighted by Crippen LogP contribution is 2.29. The van der Waals surface area contributed by atoms with Gasteiger partial charge in [-0.05, 0) is 23.8 Å². The lowest BCUT2D eigenvalue weighted by Gasteiger charge is -2.30. The van der Waals surface area contributed by atoms with Crippen LogP contribution < -0.4 is 0 Å². The summed E-state index contributed by atoms with van der Waals surface area (Å²) in [5.74, 6) is -2.13. The molecular weight excluding hydrogens is 316 g/mol. The summed E-state index contributed by atoms with van der Waals surface area (Å²) in [7, 11) is 0. The molecule has 1 aliphatic heterocycles. The van der Waals surface area contributed by atoms with Crippen LogP contribution in [-0.2, 0) is 15.7 Å². The summed E-state index contributed by atoms with van der Waals surface area (Å²) in [6.45, 7) is 0.263. The highest BCUT2D eigenvalue weighted by molar-refractivity contribution is 5.96. The molecule has 1 aromatic carbocycles. The summed E-state index contributed by atoms with van der Waals surface area (Å²) in [6.07, 6.45) is -3.64. The molecule has 23 heavy (non-hydrogen) atoms. The van der Waals surface area contributed by atoms with Crippen LogP contribution in [0.3, 0.4) is 0 Å². The van der Waals surface area contributed by atoms with Crippen LogP contribution in [-0.4, -0.2) is 36.6 Å². The van der Waals surface area contributed by atoms with Gasteiger partial charge in [0.15, 0.2) is 5.83 Å². The van der Waals surface area contributed by atoms with Crippen molar-refractivity contribution < 1.29 is 27.1 Å². The van der Waals surface area contributed by atoms with E-state index in [-0.39, 0.29) is 25.3 Å². The van der Waals surface area contributed by atoms with E-state index in [0.29, 0.717) is 0 Å². The fourth-order valence-electron chi connectivity index (χ4n) is 2.07. The third kappa shape index (κ3) is 4.07. The van der Waals surface area contributed by atoms with E-state index >= 15 is 0 Å². The molecule has 4 nitrogen and oxygen atoms in total. The van der Waals surface area contributed by atoms with Crippen LogP contribution in [0.5, 0.6) is 0 Å². The second-order valence-corrected chi connectivity index (χ2v) is 4.83. The normalized spacial score (nSPS) is 19.3. The van der Waals surface area contributed by atoms with Crippen molar-refractivity contribution in [3.8, 4) is 6.07 Å². The fraction of sp³-hybridized carbons (Fsp3) is 0.333. The zero-order valence-electron chi connectivity index (χ0n) is 11.8. The van der Waals surface area contributed by atoms with E-state index in [2.05, 4.69) is 0 Å². The number of alkyl halides is 3. The Hall–Kier alpha value is -2.40. The van der Waals surface area contributed by atoms with E-state index in [1.54, 1.807) is 0 Å². The van der Waals surface area contributed by atoms with Crippen molar-refractivity contribution >= 4 is 12.0 Å². The quantitative estimate of drug-likeness (QED) is 0.620. The molecule has 1 atom stereocenters. The summed E-state index contributed by atoms with van der Waals surface area (Å²) in [5.41, 5.74) is -0.746. The Kier molecular flexibility index (Phi) is 5.01. The lowest BCUT2D eigenvalue weighted by atomic mass is 10.1. The molecule has 0 saturated carbocycles. The van der Waals surface area contributed by atoms with Crippen molar-refractivity contribution in [2.45, 2.75) is 12.2 Å². The summed E-state index contributed by atoms with van der Waals surface area (Å²) in [4.78, 5) is 13.0. The Labute approximate surface area is 129 Å². The van der Waals surface area contributed by atoms with Gasteiger partial charge in [-0.25, -0.2) is 4.39 Å². The molecule has 1 fully saturated rings. The van der Waals surface area contributed by atoms with Gasteiger partial charge in [0.25, 0.3) is 5.91 Å². The standard InChI is InChI=1S/C15H12F4N2O2/c16-13(14(22)21-5-6-23-9-12(21)8-20)7-10-1-3-11(4-2-10)15(17,18)19/h1-4,7,12H,5-6,9H2. The first kappa shape index (κ1) is 17.0. The van der Waals surface area contributed by atoms with Gasteiger partial charge in [0.1, 0.15) is 6.04 Å². The van der Waals surface area contributed by atoms with Crippen molar-refractivity contribution in [1.29, 1.82) is 5.26 Å². The number of carbonyl (C=O) groups is 1. The number of nitriles is 1. The maximum absolute atomic E-state index is 14.0. The maximum Gasteiger partial charge on any atom is 0.416 e. The Balaban J connectivity index is 2.15. The summed E-state index contributed by atoms with van der Waals surface area (Å²) in [5, 5.41) is 8.92. The zero-order chi connectivity index (χ0) is 17.0. The molecule has 1 amide bonds. The minimum atomic E-state index is -4.48. The van der Waals surface area contributed by atoms with Gasteiger partial charge in [0.05, 0.1) is 24.8 Å².